The second-order valence-corrected chi connectivity index (χ2v) is 9.18. The molecular weight excluding hydrogens is 400 g/mol. The molecule has 25 heavy (non-hydrogen) atoms. The van der Waals surface area contributed by atoms with E-state index in [2.05, 4.69) is 39.9 Å². The quantitative estimate of drug-likeness (QED) is 0.751. The Morgan fingerprint density at radius 2 is 1.64 bits per heavy atom. The van der Waals surface area contributed by atoms with Crippen LogP contribution in [0, 0.1) is 6.92 Å². The van der Waals surface area contributed by atoms with Crippen LogP contribution < -0.4 is 4.90 Å². The maximum absolute atomic E-state index is 12.8. The van der Waals surface area contributed by atoms with Gasteiger partial charge in [0, 0.05) is 36.3 Å². The van der Waals surface area contributed by atoms with E-state index in [0.29, 0.717) is 31.1 Å². The molecule has 1 aliphatic rings. The number of rotatable bonds is 4. The standard InChI is InChI=1S/C19H23BrN2O2S/c1-3-16-14-17(20)6-9-19(16)21-10-12-22(13-11-21)25(23,24)18-7-4-15(2)5-8-18/h4-9,14H,3,10-13H2,1-2H3. The zero-order valence-corrected chi connectivity index (χ0v) is 17.0. The summed E-state index contributed by atoms with van der Waals surface area (Å²) in [5.41, 5.74) is 3.55. The first-order valence-corrected chi connectivity index (χ1v) is 10.8. The molecular formula is C19H23BrN2O2S. The number of hydrogen-bond acceptors (Lipinski definition) is 3. The van der Waals surface area contributed by atoms with Gasteiger partial charge in [-0.25, -0.2) is 8.42 Å². The molecule has 0 unspecified atom stereocenters. The smallest absolute Gasteiger partial charge is 0.243 e. The summed E-state index contributed by atoms with van der Waals surface area (Å²) in [6.45, 7) is 6.53. The fraction of sp³-hybridized carbons (Fsp3) is 0.368. The minimum Gasteiger partial charge on any atom is -0.369 e. The number of benzene rings is 2. The predicted molar refractivity (Wildman–Crippen MR) is 106 cm³/mol. The van der Waals surface area contributed by atoms with Gasteiger partial charge in [0.15, 0.2) is 0 Å². The zero-order valence-electron chi connectivity index (χ0n) is 14.6. The Bertz CT molecular complexity index is 842. The van der Waals surface area contributed by atoms with Gasteiger partial charge in [-0.1, -0.05) is 40.5 Å². The van der Waals surface area contributed by atoms with E-state index >= 15 is 0 Å². The molecule has 0 radical (unpaired) electrons. The largest absolute Gasteiger partial charge is 0.369 e. The average molecular weight is 423 g/mol. The molecule has 0 aliphatic carbocycles. The lowest BCUT2D eigenvalue weighted by molar-refractivity contribution is 0.384. The number of sulfonamides is 1. The highest BCUT2D eigenvalue weighted by Crippen LogP contribution is 2.27. The van der Waals surface area contributed by atoms with Crippen molar-refractivity contribution in [3.63, 3.8) is 0 Å². The maximum Gasteiger partial charge on any atom is 0.243 e. The molecule has 0 saturated carbocycles. The normalized spacial score (nSPS) is 16.2. The zero-order chi connectivity index (χ0) is 18.0. The molecule has 1 aliphatic heterocycles. The second-order valence-electron chi connectivity index (χ2n) is 6.33. The average Bonchev–Trinajstić information content (AvgIpc) is 2.62. The summed E-state index contributed by atoms with van der Waals surface area (Å²) in [7, 11) is -3.41. The number of aryl methyl sites for hydroxylation is 2. The van der Waals surface area contributed by atoms with E-state index < -0.39 is 10.0 Å². The highest BCUT2D eigenvalue weighted by Gasteiger charge is 2.28. The lowest BCUT2D eigenvalue weighted by Crippen LogP contribution is -2.48. The first kappa shape index (κ1) is 18.4. The fourth-order valence-electron chi connectivity index (χ4n) is 3.17. The van der Waals surface area contributed by atoms with E-state index in [9.17, 15) is 8.42 Å². The molecule has 4 nitrogen and oxygen atoms in total. The first-order valence-electron chi connectivity index (χ1n) is 8.52. The molecule has 1 saturated heterocycles. The van der Waals surface area contributed by atoms with Crippen molar-refractivity contribution in [2.24, 2.45) is 0 Å². The van der Waals surface area contributed by atoms with E-state index in [4.69, 9.17) is 0 Å². The predicted octanol–water partition coefficient (Wildman–Crippen LogP) is 3.83. The minimum absolute atomic E-state index is 0.379. The van der Waals surface area contributed by atoms with Crippen LogP contribution in [0.4, 0.5) is 5.69 Å². The third-order valence-electron chi connectivity index (χ3n) is 4.66. The molecule has 2 aromatic rings. The molecule has 1 fully saturated rings. The molecule has 0 amide bonds. The van der Waals surface area contributed by atoms with Crippen molar-refractivity contribution >= 4 is 31.6 Å². The van der Waals surface area contributed by atoms with Crippen molar-refractivity contribution in [2.45, 2.75) is 25.2 Å². The summed E-state index contributed by atoms with van der Waals surface area (Å²) in [6, 6.07) is 13.4. The summed E-state index contributed by atoms with van der Waals surface area (Å²) >= 11 is 3.52. The molecule has 0 atom stereocenters. The highest BCUT2D eigenvalue weighted by molar-refractivity contribution is 9.10. The molecule has 2 aromatic carbocycles. The van der Waals surface area contributed by atoms with Gasteiger partial charge in [-0.3, -0.25) is 0 Å². The van der Waals surface area contributed by atoms with Crippen LogP contribution >= 0.6 is 15.9 Å². The SMILES string of the molecule is CCc1cc(Br)ccc1N1CCN(S(=O)(=O)c2ccc(C)cc2)CC1. The van der Waals surface area contributed by atoms with Crippen LogP contribution in [0.1, 0.15) is 18.1 Å². The van der Waals surface area contributed by atoms with Gasteiger partial charge in [0.1, 0.15) is 0 Å². The molecule has 0 spiro atoms. The maximum atomic E-state index is 12.8. The van der Waals surface area contributed by atoms with Crippen molar-refractivity contribution in [3.05, 3.63) is 58.1 Å². The molecule has 1 heterocycles. The van der Waals surface area contributed by atoms with Gasteiger partial charge < -0.3 is 4.90 Å². The van der Waals surface area contributed by atoms with Crippen molar-refractivity contribution in [3.8, 4) is 0 Å². The molecule has 0 N–H and O–H groups in total. The van der Waals surface area contributed by atoms with Gasteiger partial charge in [-0.05, 0) is 49.2 Å². The molecule has 0 aromatic heterocycles. The highest BCUT2D eigenvalue weighted by atomic mass is 79.9. The van der Waals surface area contributed by atoms with Crippen LogP contribution in [0.25, 0.3) is 0 Å². The third kappa shape index (κ3) is 3.91. The van der Waals surface area contributed by atoms with Crippen molar-refractivity contribution in [1.29, 1.82) is 0 Å². The Balaban J connectivity index is 1.74. The van der Waals surface area contributed by atoms with Crippen LogP contribution in [0.2, 0.25) is 0 Å². The Hall–Kier alpha value is -1.37. The van der Waals surface area contributed by atoms with Crippen LogP contribution in [0.3, 0.4) is 0 Å². The first-order chi connectivity index (χ1) is 11.9. The summed E-state index contributed by atoms with van der Waals surface area (Å²) in [6.07, 6.45) is 0.955. The lowest BCUT2D eigenvalue weighted by Gasteiger charge is -2.36. The van der Waals surface area contributed by atoms with Gasteiger partial charge >= 0.3 is 0 Å². The van der Waals surface area contributed by atoms with Gasteiger partial charge in [-0.15, -0.1) is 0 Å². The monoisotopic (exact) mass is 422 g/mol. The summed E-state index contributed by atoms with van der Waals surface area (Å²) in [4.78, 5) is 2.66. The lowest BCUT2D eigenvalue weighted by atomic mass is 10.1. The van der Waals surface area contributed by atoms with Gasteiger partial charge in [0.25, 0.3) is 0 Å². The van der Waals surface area contributed by atoms with Gasteiger partial charge in [-0.2, -0.15) is 4.31 Å². The Kier molecular flexibility index (Phi) is 5.51. The van der Waals surface area contributed by atoms with Crippen LogP contribution in [0.15, 0.2) is 51.8 Å². The van der Waals surface area contributed by atoms with E-state index in [0.717, 1.165) is 16.5 Å². The van der Waals surface area contributed by atoms with E-state index in [1.54, 1.807) is 16.4 Å². The molecule has 6 heteroatoms. The number of anilines is 1. The molecule has 0 bridgehead atoms. The van der Waals surface area contributed by atoms with E-state index in [1.807, 2.05) is 25.1 Å². The van der Waals surface area contributed by atoms with Crippen LogP contribution in [-0.2, 0) is 16.4 Å². The third-order valence-corrected chi connectivity index (χ3v) is 7.07. The fourth-order valence-corrected chi connectivity index (χ4v) is 5.01. The molecule has 134 valence electrons. The number of halogens is 1. The minimum atomic E-state index is -3.41. The Morgan fingerprint density at radius 1 is 1.00 bits per heavy atom. The number of piperazine rings is 1. The Labute approximate surface area is 158 Å². The second kappa shape index (κ2) is 7.48. The van der Waals surface area contributed by atoms with E-state index in [1.165, 1.54) is 11.3 Å². The van der Waals surface area contributed by atoms with Crippen LogP contribution in [0.5, 0.6) is 0 Å². The van der Waals surface area contributed by atoms with Crippen molar-refractivity contribution in [2.75, 3.05) is 31.1 Å². The van der Waals surface area contributed by atoms with Crippen molar-refractivity contribution in [1.82, 2.24) is 4.31 Å². The van der Waals surface area contributed by atoms with Gasteiger partial charge in [0.2, 0.25) is 10.0 Å². The van der Waals surface area contributed by atoms with E-state index in [-0.39, 0.29) is 0 Å². The molecule has 3 rings (SSSR count). The topological polar surface area (TPSA) is 40.6 Å². The summed E-state index contributed by atoms with van der Waals surface area (Å²) in [5.74, 6) is 0. The Morgan fingerprint density at radius 3 is 2.24 bits per heavy atom. The number of hydrogen-bond donors (Lipinski definition) is 0. The summed E-state index contributed by atoms with van der Waals surface area (Å²) < 4.78 is 28.3. The van der Waals surface area contributed by atoms with Crippen LogP contribution in [-0.4, -0.2) is 38.9 Å². The van der Waals surface area contributed by atoms with Crippen molar-refractivity contribution < 1.29 is 8.42 Å². The number of nitrogens with zero attached hydrogens (tertiary/aromatic N) is 2. The van der Waals surface area contributed by atoms with Gasteiger partial charge in [0.05, 0.1) is 4.90 Å². The summed E-state index contributed by atoms with van der Waals surface area (Å²) in [5, 5.41) is 0.